The summed E-state index contributed by atoms with van der Waals surface area (Å²) in [5.74, 6) is 0.729. The summed E-state index contributed by atoms with van der Waals surface area (Å²) in [5, 5.41) is 0.404. The van der Waals surface area contributed by atoms with Gasteiger partial charge in [0.25, 0.3) is 0 Å². The molecule has 4 heteroatoms. The maximum Gasteiger partial charge on any atom is 0.156 e. The molecule has 12 heavy (non-hydrogen) atoms. The lowest BCUT2D eigenvalue weighted by atomic mass is 10.6. The largest absolute Gasteiger partial charge is 0.307 e. The lowest BCUT2D eigenvalue weighted by Gasteiger charge is -1.99. The van der Waals surface area contributed by atoms with E-state index in [0.29, 0.717) is 5.15 Å². The van der Waals surface area contributed by atoms with Gasteiger partial charge >= 0.3 is 0 Å². The Kier molecular flexibility index (Phi) is 1.80. The third-order valence-corrected chi connectivity index (χ3v) is 1.64. The van der Waals surface area contributed by atoms with E-state index in [4.69, 9.17) is 11.6 Å². The summed E-state index contributed by atoms with van der Waals surface area (Å²) in [6.07, 6.45) is 6.95. The average molecular weight is 180 g/mol. The van der Waals surface area contributed by atoms with Crippen LogP contribution in [0.3, 0.4) is 0 Å². The van der Waals surface area contributed by atoms with E-state index in [2.05, 4.69) is 9.97 Å². The molecule has 0 saturated carbocycles. The number of aromatic nitrogens is 3. The van der Waals surface area contributed by atoms with E-state index >= 15 is 0 Å². The van der Waals surface area contributed by atoms with Gasteiger partial charge in [-0.15, -0.1) is 0 Å². The van der Waals surface area contributed by atoms with Crippen LogP contribution in [-0.2, 0) is 0 Å². The maximum absolute atomic E-state index is 5.67. The van der Waals surface area contributed by atoms with Crippen LogP contribution in [0.2, 0.25) is 5.15 Å². The standard InChI is InChI=1S/C8H6ClN3/c9-7-5-10-6-8(11-7)12-3-1-2-4-12/h1-6H. The number of hydrogen-bond donors (Lipinski definition) is 0. The van der Waals surface area contributed by atoms with Crippen LogP contribution in [-0.4, -0.2) is 14.5 Å². The molecule has 2 rings (SSSR count). The van der Waals surface area contributed by atoms with Crippen molar-refractivity contribution in [1.29, 1.82) is 0 Å². The molecule has 3 nitrogen and oxygen atoms in total. The first kappa shape index (κ1) is 7.31. The van der Waals surface area contributed by atoms with Gasteiger partial charge in [-0.1, -0.05) is 11.6 Å². The zero-order chi connectivity index (χ0) is 8.39. The summed E-state index contributed by atoms with van der Waals surface area (Å²) in [7, 11) is 0. The molecule has 2 heterocycles. The van der Waals surface area contributed by atoms with Crippen molar-refractivity contribution >= 4 is 11.6 Å². The van der Waals surface area contributed by atoms with Gasteiger partial charge in [-0.25, -0.2) is 4.98 Å². The topological polar surface area (TPSA) is 30.7 Å². The van der Waals surface area contributed by atoms with Crippen molar-refractivity contribution in [2.24, 2.45) is 0 Å². The molecule has 60 valence electrons. The quantitative estimate of drug-likeness (QED) is 0.670. The molecule has 0 amide bonds. The molecule has 2 aromatic rings. The zero-order valence-corrected chi connectivity index (χ0v) is 6.94. The molecule has 0 aliphatic carbocycles. The highest BCUT2D eigenvalue weighted by Gasteiger charge is 1.96. The SMILES string of the molecule is Clc1cncc(-n2cccc2)n1. The summed E-state index contributed by atoms with van der Waals surface area (Å²) >= 11 is 5.67. The first-order valence-electron chi connectivity index (χ1n) is 3.47. The van der Waals surface area contributed by atoms with E-state index in [9.17, 15) is 0 Å². The molecular weight excluding hydrogens is 174 g/mol. The second-order valence-corrected chi connectivity index (χ2v) is 2.68. The Bertz CT molecular complexity index is 370. The van der Waals surface area contributed by atoms with E-state index in [1.807, 2.05) is 29.1 Å². The molecule has 0 aromatic carbocycles. The van der Waals surface area contributed by atoms with Gasteiger partial charge in [0.05, 0.1) is 12.4 Å². The lowest BCUT2D eigenvalue weighted by molar-refractivity contribution is 0.983. The summed E-state index contributed by atoms with van der Waals surface area (Å²) in [6, 6.07) is 3.84. The highest BCUT2D eigenvalue weighted by atomic mass is 35.5. The molecule has 0 atom stereocenters. The van der Waals surface area contributed by atoms with Gasteiger partial charge in [0, 0.05) is 12.4 Å². The van der Waals surface area contributed by atoms with Crippen molar-refractivity contribution in [2.75, 3.05) is 0 Å². The predicted molar refractivity (Wildman–Crippen MR) is 46.4 cm³/mol. The molecule has 0 fully saturated rings. The smallest absolute Gasteiger partial charge is 0.156 e. The molecule has 0 saturated heterocycles. The Morgan fingerprint density at radius 3 is 2.58 bits per heavy atom. The number of rotatable bonds is 1. The van der Waals surface area contributed by atoms with Gasteiger partial charge in [0.1, 0.15) is 5.15 Å². The molecule has 0 bridgehead atoms. The molecule has 0 spiro atoms. The number of hydrogen-bond acceptors (Lipinski definition) is 2. The van der Waals surface area contributed by atoms with Crippen LogP contribution >= 0.6 is 11.6 Å². The molecule has 0 aliphatic heterocycles. The third-order valence-electron chi connectivity index (χ3n) is 1.46. The van der Waals surface area contributed by atoms with Crippen LogP contribution in [0.4, 0.5) is 0 Å². The second-order valence-electron chi connectivity index (χ2n) is 2.29. The minimum Gasteiger partial charge on any atom is -0.307 e. The van der Waals surface area contributed by atoms with Gasteiger partial charge in [-0.05, 0) is 12.1 Å². The second kappa shape index (κ2) is 2.95. The van der Waals surface area contributed by atoms with E-state index in [1.165, 1.54) is 6.20 Å². The summed E-state index contributed by atoms with van der Waals surface area (Å²) in [6.45, 7) is 0. The average Bonchev–Trinajstić information content (AvgIpc) is 2.56. The van der Waals surface area contributed by atoms with E-state index in [-0.39, 0.29) is 0 Å². The fraction of sp³-hybridized carbons (Fsp3) is 0. The van der Waals surface area contributed by atoms with Gasteiger partial charge in [-0.3, -0.25) is 4.98 Å². The first-order valence-corrected chi connectivity index (χ1v) is 3.85. The van der Waals surface area contributed by atoms with E-state index < -0.39 is 0 Å². The fourth-order valence-electron chi connectivity index (χ4n) is 0.944. The normalized spacial score (nSPS) is 10.1. The zero-order valence-electron chi connectivity index (χ0n) is 6.18. The van der Waals surface area contributed by atoms with Gasteiger partial charge < -0.3 is 4.57 Å². The summed E-state index contributed by atoms with van der Waals surface area (Å²) in [5.41, 5.74) is 0. The van der Waals surface area contributed by atoms with Crippen molar-refractivity contribution in [2.45, 2.75) is 0 Å². The van der Waals surface area contributed by atoms with Gasteiger partial charge in [-0.2, -0.15) is 0 Å². The van der Waals surface area contributed by atoms with Gasteiger partial charge in [0.15, 0.2) is 5.82 Å². The molecule has 0 unspecified atom stereocenters. The highest BCUT2D eigenvalue weighted by molar-refractivity contribution is 6.29. The fourth-order valence-corrected chi connectivity index (χ4v) is 1.09. The Morgan fingerprint density at radius 1 is 1.17 bits per heavy atom. The van der Waals surface area contributed by atoms with Crippen molar-refractivity contribution in [3.8, 4) is 5.82 Å². The van der Waals surface area contributed by atoms with Crippen molar-refractivity contribution in [3.05, 3.63) is 42.1 Å². The molecule has 0 N–H and O–H groups in total. The summed E-state index contributed by atoms with van der Waals surface area (Å²) in [4.78, 5) is 8.01. The van der Waals surface area contributed by atoms with Crippen LogP contribution in [0.1, 0.15) is 0 Å². The van der Waals surface area contributed by atoms with Crippen LogP contribution in [0.25, 0.3) is 5.82 Å². The predicted octanol–water partition coefficient (Wildman–Crippen LogP) is 1.92. The van der Waals surface area contributed by atoms with E-state index in [1.54, 1.807) is 6.20 Å². The van der Waals surface area contributed by atoms with E-state index in [0.717, 1.165) is 5.82 Å². The van der Waals surface area contributed by atoms with Crippen LogP contribution in [0, 0.1) is 0 Å². The van der Waals surface area contributed by atoms with Crippen molar-refractivity contribution in [1.82, 2.24) is 14.5 Å². The summed E-state index contributed by atoms with van der Waals surface area (Å²) < 4.78 is 1.85. The van der Waals surface area contributed by atoms with Crippen LogP contribution < -0.4 is 0 Å². The Morgan fingerprint density at radius 2 is 1.92 bits per heavy atom. The monoisotopic (exact) mass is 179 g/mol. The Labute approximate surface area is 74.7 Å². The minimum absolute atomic E-state index is 0.404. The van der Waals surface area contributed by atoms with Crippen molar-refractivity contribution < 1.29 is 0 Å². The van der Waals surface area contributed by atoms with Crippen LogP contribution in [0.15, 0.2) is 36.9 Å². The van der Waals surface area contributed by atoms with Crippen LogP contribution in [0.5, 0.6) is 0 Å². The molecular formula is C8H6ClN3. The highest BCUT2D eigenvalue weighted by Crippen LogP contribution is 2.06. The number of nitrogens with zero attached hydrogens (tertiary/aromatic N) is 3. The molecule has 2 aromatic heterocycles. The lowest BCUT2D eigenvalue weighted by Crippen LogP contribution is -1.94. The third kappa shape index (κ3) is 1.31. The molecule has 0 radical (unpaired) electrons. The maximum atomic E-state index is 5.67. The Hall–Kier alpha value is -1.35. The van der Waals surface area contributed by atoms with Gasteiger partial charge in [0.2, 0.25) is 0 Å². The number of halogens is 1. The minimum atomic E-state index is 0.404. The van der Waals surface area contributed by atoms with Crippen molar-refractivity contribution in [3.63, 3.8) is 0 Å². The molecule has 0 aliphatic rings. The Balaban J connectivity index is 2.48. The first-order chi connectivity index (χ1) is 5.86.